The van der Waals surface area contributed by atoms with E-state index in [4.69, 9.17) is 5.73 Å². The molecule has 0 bridgehead atoms. The Morgan fingerprint density at radius 2 is 2.07 bits per heavy atom. The highest BCUT2D eigenvalue weighted by molar-refractivity contribution is 6.00. The average Bonchev–Trinajstić information content (AvgIpc) is 3.11. The Kier molecular flexibility index (Phi) is 4.81. The van der Waals surface area contributed by atoms with Crippen LogP contribution in [0.25, 0.3) is 22.2 Å². The predicted molar refractivity (Wildman–Crippen MR) is 105 cm³/mol. The van der Waals surface area contributed by atoms with Gasteiger partial charge in [-0.15, -0.1) is 0 Å². The van der Waals surface area contributed by atoms with Gasteiger partial charge in [-0.05, 0) is 24.8 Å². The lowest BCUT2D eigenvalue weighted by Gasteiger charge is -2.35. The van der Waals surface area contributed by atoms with Crippen molar-refractivity contribution in [3.8, 4) is 11.1 Å². The van der Waals surface area contributed by atoms with Crippen LogP contribution in [-0.2, 0) is 4.79 Å². The molecule has 3 aromatic heterocycles. The highest BCUT2D eigenvalue weighted by Crippen LogP contribution is 2.37. The fourth-order valence-corrected chi connectivity index (χ4v) is 4.16. The van der Waals surface area contributed by atoms with Crippen molar-refractivity contribution in [1.29, 1.82) is 0 Å². The number of nitrogens with one attached hydrogen (secondary N) is 2. The fourth-order valence-electron chi connectivity index (χ4n) is 4.16. The molecule has 1 saturated carbocycles. The van der Waals surface area contributed by atoms with Crippen LogP contribution in [-0.4, -0.2) is 32.1 Å². The summed E-state index contributed by atoms with van der Waals surface area (Å²) in [7, 11) is 0. The topological polar surface area (TPSA) is 117 Å². The number of pyridine rings is 2. The first-order valence-electron chi connectivity index (χ1n) is 9.43. The predicted octanol–water partition coefficient (Wildman–Crippen LogP) is 3.79. The van der Waals surface area contributed by atoms with Crippen molar-refractivity contribution in [2.75, 3.05) is 11.1 Å². The highest BCUT2D eigenvalue weighted by Gasteiger charge is 2.36. The smallest absolute Gasteiger partial charge is 0.308 e. The van der Waals surface area contributed by atoms with Gasteiger partial charge in [0.25, 0.3) is 0 Å². The van der Waals surface area contributed by atoms with E-state index >= 15 is 0 Å². The lowest BCUT2D eigenvalue weighted by molar-refractivity contribution is -0.143. The first-order valence-corrected chi connectivity index (χ1v) is 9.43. The molecule has 0 saturated heterocycles. The van der Waals surface area contributed by atoms with Gasteiger partial charge in [-0.1, -0.05) is 13.3 Å². The van der Waals surface area contributed by atoms with E-state index in [1.807, 2.05) is 6.92 Å². The largest absolute Gasteiger partial charge is 0.481 e. The molecule has 9 heteroatoms. The van der Waals surface area contributed by atoms with E-state index in [0.29, 0.717) is 28.6 Å². The average molecular weight is 401 g/mol. The van der Waals surface area contributed by atoms with E-state index in [1.165, 1.54) is 6.07 Å². The van der Waals surface area contributed by atoms with Crippen LogP contribution in [0.1, 0.15) is 26.2 Å². The molecule has 7 nitrogen and oxygen atoms in total. The van der Waals surface area contributed by atoms with E-state index < -0.39 is 29.6 Å². The molecular formula is C20H21F2N5O2. The van der Waals surface area contributed by atoms with Crippen LogP contribution in [0.5, 0.6) is 0 Å². The van der Waals surface area contributed by atoms with Crippen LogP contribution in [0.2, 0.25) is 0 Å². The Morgan fingerprint density at radius 1 is 1.28 bits per heavy atom. The molecule has 1 unspecified atom stereocenters. The molecule has 0 aromatic carbocycles. The fraction of sp³-hybridized carbons (Fsp3) is 0.350. The first kappa shape index (κ1) is 19.1. The number of aromatic amines is 1. The molecule has 0 spiro atoms. The Labute approximate surface area is 165 Å². The van der Waals surface area contributed by atoms with Crippen LogP contribution >= 0.6 is 0 Å². The summed E-state index contributed by atoms with van der Waals surface area (Å²) in [6.45, 7) is 1.96. The van der Waals surface area contributed by atoms with Gasteiger partial charge in [-0.3, -0.25) is 9.78 Å². The molecule has 1 aliphatic rings. The van der Waals surface area contributed by atoms with E-state index in [9.17, 15) is 18.7 Å². The first-order chi connectivity index (χ1) is 13.9. The number of carboxylic acid groups (broad SMARTS) is 1. The van der Waals surface area contributed by atoms with Crippen molar-refractivity contribution in [1.82, 2.24) is 15.0 Å². The van der Waals surface area contributed by atoms with E-state index in [2.05, 4.69) is 20.3 Å². The Morgan fingerprint density at radius 3 is 2.83 bits per heavy atom. The molecule has 152 valence electrons. The number of halogens is 2. The highest BCUT2D eigenvalue weighted by atomic mass is 19.1. The van der Waals surface area contributed by atoms with Crippen molar-refractivity contribution < 1.29 is 18.7 Å². The zero-order valence-electron chi connectivity index (χ0n) is 15.7. The van der Waals surface area contributed by atoms with Gasteiger partial charge in [0.05, 0.1) is 35.0 Å². The normalized spacial score (nSPS) is 22.0. The van der Waals surface area contributed by atoms with Gasteiger partial charge in [0.15, 0.2) is 5.82 Å². The number of aromatic nitrogens is 3. The Bertz CT molecular complexity index is 1080. The zero-order valence-corrected chi connectivity index (χ0v) is 15.7. The van der Waals surface area contributed by atoms with Gasteiger partial charge in [0, 0.05) is 23.4 Å². The molecule has 0 radical (unpaired) electrons. The molecule has 5 N–H and O–H groups in total. The summed E-state index contributed by atoms with van der Waals surface area (Å²) in [5.74, 6) is -2.48. The van der Waals surface area contributed by atoms with Crippen molar-refractivity contribution in [2.45, 2.75) is 32.2 Å². The number of fused-ring (bicyclic) bond motifs is 1. The molecule has 0 aliphatic heterocycles. The maximum Gasteiger partial charge on any atom is 0.308 e. The number of carbonyl (C=O) groups is 1. The molecule has 29 heavy (non-hydrogen) atoms. The third kappa shape index (κ3) is 3.37. The maximum absolute atomic E-state index is 14.7. The van der Waals surface area contributed by atoms with Crippen molar-refractivity contribution in [3.63, 3.8) is 0 Å². The second-order valence-corrected chi connectivity index (χ2v) is 7.52. The SMILES string of the molecule is C[C@H]1CCC[C@H](C(=O)O)C1Nc1c(F)cnc2c(-c3cc(F)cnc3N)c[nH]c12. The summed E-state index contributed by atoms with van der Waals surface area (Å²) in [6, 6.07) is 0.821. The third-order valence-electron chi connectivity index (χ3n) is 5.67. The minimum atomic E-state index is -0.898. The maximum atomic E-state index is 14.7. The van der Waals surface area contributed by atoms with Gasteiger partial charge in [-0.2, -0.15) is 0 Å². The number of carboxylic acids is 1. The quantitative estimate of drug-likeness (QED) is 0.528. The van der Waals surface area contributed by atoms with Gasteiger partial charge in [0.2, 0.25) is 0 Å². The number of nitrogens with zero attached hydrogens (tertiary/aromatic N) is 2. The lowest BCUT2D eigenvalue weighted by atomic mass is 9.77. The van der Waals surface area contributed by atoms with Crippen LogP contribution in [0.3, 0.4) is 0 Å². The summed E-state index contributed by atoms with van der Waals surface area (Å²) in [6.07, 6.45) is 5.86. The van der Waals surface area contributed by atoms with E-state index in [-0.39, 0.29) is 17.4 Å². The van der Waals surface area contributed by atoms with Gasteiger partial charge in [0.1, 0.15) is 11.6 Å². The number of hydrogen-bond acceptors (Lipinski definition) is 5. The van der Waals surface area contributed by atoms with Crippen LogP contribution in [0, 0.1) is 23.5 Å². The van der Waals surface area contributed by atoms with E-state index in [1.54, 1.807) is 6.20 Å². The van der Waals surface area contributed by atoms with Crippen LogP contribution < -0.4 is 11.1 Å². The van der Waals surface area contributed by atoms with Crippen molar-refractivity contribution in [2.24, 2.45) is 11.8 Å². The monoisotopic (exact) mass is 401 g/mol. The molecule has 4 rings (SSSR count). The van der Waals surface area contributed by atoms with Gasteiger partial charge >= 0.3 is 5.97 Å². The second kappa shape index (κ2) is 7.31. The number of H-pyrrole nitrogens is 1. The second-order valence-electron chi connectivity index (χ2n) is 7.52. The summed E-state index contributed by atoms with van der Waals surface area (Å²) in [4.78, 5) is 22.6. The molecule has 3 heterocycles. The molecule has 3 aromatic rings. The number of nitrogen functional groups attached to an aromatic ring is 1. The minimum absolute atomic E-state index is 0.0601. The van der Waals surface area contributed by atoms with Crippen LogP contribution in [0.4, 0.5) is 20.3 Å². The number of hydrogen-bond donors (Lipinski definition) is 4. The standard InChI is InChI=1S/C20H21F2N5O2/c1-9-3-2-4-11(20(28)29)15(9)27-17-14(22)8-25-16-13(7-24-18(16)17)12-5-10(21)6-26-19(12)23/h5-9,11,15,24H,2-4H2,1H3,(H2,23,26)(H,25,27)(H,28,29)/t9-,11-,15?/m0/s1. The molecule has 0 amide bonds. The minimum Gasteiger partial charge on any atom is -0.481 e. The van der Waals surface area contributed by atoms with Gasteiger partial charge in [-0.25, -0.2) is 13.8 Å². The Hall–Kier alpha value is -3.23. The Balaban J connectivity index is 1.79. The van der Waals surface area contributed by atoms with E-state index in [0.717, 1.165) is 25.2 Å². The van der Waals surface area contributed by atoms with Crippen molar-refractivity contribution >= 4 is 28.5 Å². The van der Waals surface area contributed by atoms with Crippen molar-refractivity contribution in [3.05, 3.63) is 36.3 Å². The summed E-state index contributed by atoms with van der Waals surface area (Å²) >= 11 is 0. The summed E-state index contributed by atoms with van der Waals surface area (Å²) in [5.41, 5.74) is 7.62. The third-order valence-corrected chi connectivity index (χ3v) is 5.67. The molecule has 1 fully saturated rings. The molecular weight excluding hydrogens is 380 g/mol. The van der Waals surface area contributed by atoms with Gasteiger partial charge < -0.3 is 21.1 Å². The number of aliphatic carboxylic acids is 1. The zero-order chi connectivity index (χ0) is 20.7. The lowest BCUT2D eigenvalue weighted by Crippen LogP contribution is -2.42. The number of anilines is 2. The van der Waals surface area contributed by atoms with Crippen LogP contribution in [0.15, 0.2) is 24.7 Å². The molecule has 3 atom stereocenters. The number of nitrogens with two attached hydrogens (primary N) is 1. The molecule has 1 aliphatic carbocycles. The summed E-state index contributed by atoms with van der Waals surface area (Å²) < 4.78 is 28.4. The summed E-state index contributed by atoms with van der Waals surface area (Å²) in [5, 5.41) is 12.7. The number of rotatable bonds is 4.